The van der Waals surface area contributed by atoms with Gasteiger partial charge in [-0.1, -0.05) is 72.8 Å². The van der Waals surface area contributed by atoms with Crippen LogP contribution in [0.5, 0.6) is 0 Å². The number of carbonyl (C=O) groups excluding carboxylic acids is 1. The van der Waals surface area contributed by atoms with Crippen LogP contribution < -0.4 is 0 Å². The fourth-order valence-electron chi connectivity index (χ4n) is 2.86. The smallest absolute Gasteiger partial charge is 0.164 e. The van der Waals surface area contributed by atoms with Crippen molar-refractivity contribution in [3.8, 4) is 0 Å². The van der Waals surface area contributed by atoms with Gasteiger partial charge >= 0.3 is 0 Å². The van der Waals surface area contributed by atoms with E-state index in [9.17, 15) is 4.79 Å². The molecule has 23 heavy (non-hydrogen) atoms. The Morgan fingerprint density at radius 3 is 2.39 bits per heavy atom. The largest absolute Gasteiger partial charge is 0.302 e. The summed E-state index contributed by atoms with van der Waals surface area (Å²) in [5, 5.41) is 2.55. The lowest BCUT2D eigenvalue weighted by Crippen LogP contribution is -2.21. The van der Waals surface area contributed by atoms with Gasteiger partial charge in [0.25, 0.3) is 0 Å². The highest BCUT2D eigenvalue weighted by molar-refractivity contribution is 5.96. The molecular weight excluding hydrogens is 282 g/mol. The molecule has 0 unspecified atom stereocenters. The highest BCUT2D eigenvalue weighted by atomic mass is 16.1. The number of Topliss-reactive ketones (excluding diaryl/α,β-unsaturated/α-hetero) is 1. The molecule has 116 valence electrons. The molecule has 3 rings (SSSR count). The zero-order chi connectivity index (χ0) is 16.1. The minimum atomic E-state index is 0.204. The van der Waals surface area contributed by atoms with Gasteiger partial charge in [0, 0.05) is 25.1 Å². The molecule has 3 aromatic carbocycles. The summed E-state index contributed by atoms with van der Waals surface area (Å²) in [5.41, 5.74) is 2.10. The zero-order valence-corrected chi connectivity index (χ0v) is 13.4. The summed E-state index contributed by atoms with van der Waals surface area (Å²) in [6.45, 7) is 1.61. The quantitative estimate of drug-likeness (QED) is 0.623. The summed E-state index contributed by atoms with van der Waals surface area (Å²) in [5.74, 6) is 0.204. The second-order valence-corrected chi connectivity index (χ2v) is 5.92. The maximum absolute atomic E-state index is 12.2. The SMILES string of the molecule is CN(CCC(=O)c1ccccc1)Cc1cccc2ccccc12. The van der Waals surface area contributed by atoms with Gasteiger partial charge in [-0.3, -0.25) is 4.79 Å². The molecule has 0 aliphatic rings. The van der Waals surface area contributed by atoms with E-state index in [1.165, 1.54) is 16.3 Å². The van der Waals surface area contributed by atoms with Crippen LogP contribution in [0.15, 0.2) is 72.8 Å². The summed E-state index contributed by atoms with van der Waals surface area (Å²) >= 11 is 0. The van der Waals surface area contributed by atoms with Crippen molar-refractivity contribution >= 4 is 16.6 Å². The highest BCUT2D eigenvalue weighted by Crippen LogP contribution is 2.19. The monoisotopic (exact) mass is 303 g/mol. The van der Waals surface area contributed by atoms with E-state index < -0.39 is 0 Å². The Morgan fingerprint density at radius 1 is 0.870 bits per heavy atom. The average Bonchev–Trinajstić information content (AvgIpc) is 2.61. The Kier molecular flexibility index (Phi) is 4.84. The van der Waals surface area contributed by atoms with E-state index in [4.69, 9.17) is 0 Å². The molecule has 0 radical (unpaired) electrons. The molecule has 0 heterocycles. The van der Waals surface area contributed by atoms with Gasteiger partial charge in [-0.15, -0.1) is 0 Å². The minimum absolute atomic E-state index is 0.204. The molecule has 2 nitrogen and oxygen atoms in total. The highest BCUT2D eigenvalue weighted by Gasteiger charge is 2.08. The van der Waals surface area contributed by atoms with Crippen LogP contribution in [0, 0.1) is 0 Å². The van der Waals surface area contributed by atoms with Crippen molar-refractivity contribution in [1.29, 1.82) is 0 Å². The lowest BCUT2D eigenvalue weighted by Gasteiger charge is -2.17. The minimum Gasteiger partial charge on any atom is -0.302 e. The first-order valence-electron chi connectivity index (χ1n) is 7.97. The van der Waals surface area contributed by atoms with Crippen LogP contribution in [0.4, 0.5) is 0 Å². The van der Waals surface area contributed by atoms with Gasteiger partial charge in [0.1, 0.15) is 0 Å². The van der Waals surface area contributed by atoms with Gasteiger partial charge in [0.15, 0.2) is 5.78 Å². The number of nitrogens with zero attached hydrogens (tertiary/aromatic N) is 1. The molecule has 0 saturated carbocycles. The molecule has 0 spiro atoms. The van der Waals surface area contributed by atoms with Crippen LogP contribution in [-0.2, 0) is 6.54 Å². The normalized spacial score (nSPS) is 11.0. The lowest BCUT2D eigenvalue weighted by molar-refractivity contribution is 0.0968. The van der Waals surface area contributed by atoms with Gasteiger partial charge < -0.3 is 4.90 Å². The predicted molar refractivity (Wildman–Crippen MR) is 95.7 cm³/mol. The first-order chi connectivity index (χ1) is 11.2. The molecule has 0 N–H and O–H groups in total. The molecule has 0 fully saturated rings. The van der Waals surface area contributed by atoms with E-state index in [2.05, 4.69) is 54.4 Å². The molecule has 0 saturated heterocycles. The fraction of sp³-hybridized carbons (Fsp3) is 0.190. The van der Waals surface area contributed by atoms with Crippen molar-refractivity contribution in [2.24, 2.45) is 0 Å². The molecule has 0 aromatic heterocycles. The van der Waals surface area contributed by atoms with E-state index in [-0.39, 0.29) is 5.78 Å². The van der Waals surface area contributed by atoms with Crippen LogP contribution in [0.1, 0.15) is 22.3 Å². The molecule has 0 bridgehead atoms. The number of ketones is 1. The maximum atomic E-state index is 12.2. The Labute approximate surface area is 137 Å². The molecule has 0 atom stereocenters. The van der Waals surface area contributed by atoms with Crippen molar-refractivity contribution in [2.45, 2.75) is 13.0 Å². The van der Waals surface area contributed by atoms with Gasteiger partial charge in [0.05, 0.1) is 0 Å². The molecule has 0 aliphatic heterocycles. The van der Waals surface area contributed by atoms with E-state index in [0.29, 0.717) is 6.42 Å². The first-order valence-corrected chi connectivity index (χ1v) is 7.97. The van der Waals surface area contributed by atoms with Crippen LogP contribution in [0.2, 0.25) is 0 Å². The first kappa shape index (κ1) is 15.4. The summed E-state index contributed by atoms with van der Waals surface area (Å²) in [7, 11) is 2.07. The van der Waals surface area contributed by atoms with Crippen LogP contribution >= 0.6 is 0 Å². The fourth-order valence-corrected chi connectivity index (χ4v) is 2.86. The summed E-state index contributed by atoms with van der Waals surface area (Å²) in [6.07, 6.45) is 0.547. The summed E-state index contributed by atoms with van der Waals surface area (Å²) in [6, 6.07) is 24.4. The molecule has 0 amide bonds. The van der Waals surface area contributed by atoms with Crippen LogP contribution in [0.3, 0.4) is 0 Å². The second-order valence-electron chi connectivity index (χ2n) is 5.92. The Morgan fingerprint density at radius 2 is 1.57 bits per heavy atom. The number of hydrogen-bond acceptors (Lipinski definition) is 2. The zero-order valence-electron chi connectivity index (χ0n) is 13.4. The van der Waals surface area contributed by atoms with Gasteiger partial charge in [-0.2, -0.15) is 0 Å². The lowest BCUT2D eigenvalue weighted by atomic mass is 10.0. The third kappa shape index (κ3) is 3.85. The third-order valence-corrected chi connectivity index (χ3v) is 4.14. The average molecular weight is 303 g/mol. The standard InChI is InChI=1S/C21H21NO/c1-22(15-14-21(23)18-9-3-2-4-10-18)16-19-12-7-11-17-8-5-6-13-20(17)19/h2-13H,14-16H2,1H3. The molecule has 0 aliphatic carbocycles. The number of carbonyl (C=O) groups is 1. The number of rotatable bonds is 6. The van der Waals surface area contributed by atoms with Crippen molar-refractivity contribution in [3.05, 3.63) is 83.9 Å². The summed E-state index contributed by atoms with van der Waals surface area (Å²) < 4.78 is 0. The van der Waals surface area contributed by atoms with Crippen LogP contribution in [0.25, 0.3) is 10.8 Å². The van der Waals surface area contributed by atoms with Crippen molar-refractivity contribution in [2.75, 3.05) is 13.6 Å². The summed E-state index contributed by atoms with van der Waals surface area (Å²) in [4.78, 5) is 14.4. The number of hydrogen-bond donors (Lipinski definition) is 0. The van der Waals surface area contributed by atoms with E-state index >= 15 is 0 Å². The van der Waals surface area contributed by atoms with E-state index in [1.807, 2.05) is 30.3 Å². The van der Waals surface area contributed by atoms with Gasteiger partial charge in [-0.05, 0) is 23.4 Å². The Balaban J connectivity index is 1.63. The van der Waals surface area contributed by atoms with Crippen molar-refractivity contribution in [1.82, 2.24) is 4.90 Å². The molecular formula is C21H21NO. The maximum Gasteiger partial charge on any atom is 0.164 e. The van der Waals surface area contributed by atoms with Crippen LogP contribution in [-0.4, -0.2) is 24.3 Å². The van der Waals surface area contributed by atoms with E-state index in [1.54, 1.807) is 0 Å². The van der Waals surface area contributed by atoms with E-state index in [0.717, 1.165) is 18.7 Å². The molecule has 3 aromatic rings. The van der Waals surface area contributed by atoms with Gasteiger partial charge in [-0.25, -0.2) is 0 Å². The van der Waals surface area contributed by atoms with Crippen molar-refractivity contribution < 1.29 is 4.79 Å². The van der Waals surface area contributed by atoms with Gasteiger partial charge in [0.2, 0.25) is 0 Å². The Hall–Kier alpha value is -2.45. The number of fused-ring (bicyclic) bond motifs is 1. The third-order valence-electron chi connectivity index (χ3n) is 4.14. The van der Waals surface area contributed by atoms with Crippen molar-refractivity contribution in [3.63, 3.8) is 0 Å². The predicted octanol–water partition coefficient (Wildman–Crippen LogP) is 4.54. The number of benzene rings is 3. The second kappa shape index (κ2) is 7.21. The molecule has 2 heteroatoms. The Bertz CT molecular complexity index is 790. The topological polar surface area (TPSA) is 20.3 Å².